The molecule has 1 N–H and O–H groups in total. The normalized spacial score (nSPS) is 12.6. The zero-order chi connectivity index (χ0) is 14.5. The number of thiophene rings is 1. The summed E-state index contributed by atoms with van der Waals surface area (Å²) in [6.45, 7) is 7.55. The molecular weight excluding hydrogens is 330 g/mol. The molecule has 1 aromatic carbocycles. The fourth-order valence-electron chi connectivity index (χ4n) is 2.41. The van der Waals surface area contributed by atoms with Gasteiger partial charge in [0, 0.05) is 15.4 Å². The van der Waals surface area contributed by atoms with Gasteiger partial charge in [0.05, 0.1) is 0 Å². The van der Waals surface area contributed by atoms with E-state index >= 15 is 0 Å². The molecule has 20 heavy (non-hydrogen) atoms. The van der Waals surface area contributed by atoms with Crippen molar-refractivity contribution in [3.8, 4) is 0 Å². The average molecular weight is 352 g/mol. The molecule has 1 unspecified atom stereocenters. The molecule has 0 aliphatic rings. The monoisotopic (exact) mass is 351 g/mol. The Morgan fingerprint density at radius 2 is 1.95 bits per heavy atom. The average Bonchev–Trinajstić information content (AvgIpc) is 2.80. The molecule has 0 radical (unpaired) electrons. The first-order valence-corrected chi connectivity index (χ1v) is 8.78. The Kier molecular flexibility index (Phi) is 5.82. The summed E-state index contributed by atoms with van der Waals surface area (Å²) in [5.41, 5.74) is 4.18. The molecule has 0 saturated heterocycles. The largest absolute Gasteiger partial charge is 0.314 e. The predicted octanol–water partition coefficient (Wildman–Crippen LogP) is 4.89. The van der Waals surface area contributed by atoms with Gasteiger partial charge in [-0.3, -0.25) is 0 Å². The Morgan fingerprint density at radius 3 is 2.55 bits per heavy atom. The van der Waals surface area contributed by atoms with Crippen LogP contribution in [0.15, 0.2) is 34.1 Å². The molecule has 1 heterocycles. The molecule has 1 aromatic heterocycles. The van der Waals surface area contributed by atoms with Gasteiger partial charge in [0.15, 0.2) is 0 Å². The summed E-state index contributed by atoms with van der Waals surface area (Å²) in [5, 5.41) is 5.77. The highest BCUT2D eigenvalue weighted by molar-refractivity contribution is 9.10. The molecule has 0 aliphatic heterocycles. The van der Waals surface area contributed by atoms with Crippen molar-refractivity contribution < 1.29 is 0 Å². The van der Waals surface area contributed by atoms with Crippen LogP contribution >= 0.6 is 27.3 Å². The van der Waals surface area contributed by atoms with E-state index in [1.807, 2.05) is 11.3 Å². The molecule has 0 aliphatic carbocycles. The van der Waals surface area contributed by atoms with Gasteiger partial charge < -0.3 is 5.32 Å². The third-order valence-corrected chi connectivity index (χ3v) is 5.62. The van der Waals surface area contributed by atoms with Crippen molar-refractivity contribution in [1.29, 1.82) is 0 Å². The summed E-state index contributed by atoms with van der Waals surface area (Å²) in [6, 6.07) is 9.45. The van der Waals surface area contributed by atoms with E-state index in [1.165, 1.54) is 26.0 Å². The first-order chi connectivity index (χ1) is 9.60. The van der Waals surface area contributed by atoms with Crippen molar-refractivity contribution in [2.24, 2.45) is 0 Å². The summed E-state index contributed by atoms with van der Waals surface area (Å²) in [6.07, 6.45) is 2.16. The number of likely N-dealkylation sites (N-methyl/N-ethyl adjacent to an activating group) is 1. The second-order valence-corrected chi connectivity index (χ2v) is 7.13. The number of benzene rings is 1. The predicted molar refractivity (Wildman–Crippen MR) is 92.8 cm³/mol. The molecule has 3 heteroatoms. The van der Waals surface area contributed by atoms with Crippen molar-refractivity contribution in [2.45, 2.75) is 39.7 Å². The van der Waals surface area contributed by atoms with E-state index in [0.29, 0.717) is 6.04 Å². The number of hydrogen-bond donors (Lipinski definition) is 1. The first kappa shape index (κ1) is 15.7. The molecule has 2 aromatic rings. The Labute approximate surface area is 134 Å². The molecule has 2 rings (SSSR count). The van der Waals surface area contributed by atoms with Gasteiger partial charge in [-0.05, 0) is 77.3 Å². The lowest BCUT2D eigenvalue weighted by molar-refractivity contribution is 0.524. The van der Waals surface area contributed by atoms with Crippen LogP contribution in [0.4, 0.5) is 0 Å². The maximum Gasteiger partial charge on any atom is 0.0314 e. The van der Waals surface area contributed by atoms with Crippen LogP contribution in [0, 0.1) is 13.8 Å². The first-order valence-electron chi connectivity index (χ1n) is 7.11. The molecule has 108 valence electrons. The van der Waals surface area contributed by atoms with E-state index in [2.05, 4.69) is 71.7 Å². The van der Waals surface area contributed by atoms with Gasteiger partial charge in [0.1, 0.15) is 0 Å². The van der Waals surface area contributed by atoms with Crippen LogP contribution in [-0.4, -0.2) is 12.6 Å². The zero-order valence-electron chi connectivity index (χ0n) is 12.4. The van der Waals surface area contributed by atoms with Gasteiger partial charge in [-0.1, -0.05) is 25.1 Å². The summed E-state index contributed by atoms with van der Waals surface area (Å²) < 4.78 is 1.24. The van der Waals surface area contributed by atoms with Gasteiger partial charge in [-0.2, -0.15) is 0 Å². The molecule has 0 fully saturated rings. The van der Waals surface area contributed by atoms with E-state index in [9.17, 15) is 0 Å². The number of rotatable bonds is 6. The molecule has 0 spiro atoms. The minimum absolute atomic E-state index is 0.497. The fraction of sp³-hybridized carbons (Fsp3) is 0.412. The summed E-state index contributed by atoms with van der Waals surface area (Å²) in [7, 11) is 0. The van der Waals surface area contributed by atoms with Crippen molar-refractivity contribution >= 4 is 27.3 Å². The Hall–Kier alpha value is -0.640. The van der Waals surface area contributed by atoms with Crippen LogP contribution in [0.3, 0.4) is 0 Å². The Balaban J connectivity index is 2.08. The number of nitrogens with one attached hydrogen (secondary N) is 1. The number of hydrogen-bond acceptors (Lipinski definition) is 2. The van der Waals surface area contributed by atoms with Crippen LogP contribution in [-0.2, 0) is 12.8 Å². The second-order valence-electron chi connectivity index (χ2n) is 5.27. The molecule has 0 amide bonds. The minimum atomic E-state index is 0.497. The Morgan fingerprint density at radius 1 is 1.15 bits per heavy atom. The summed E-state index contributed by atoms with van der Waals surface area (Å²) in [4.78, 5) is 1.43. The SMILES string of the molecule is CCNC(Cc1ccc(C)c(C)c1)Cc1sccc1Br. The smallest absolute Gasteiger partial charge is 0.0314 e. The van der Waals surface area contributed by atoms with Crippen LogP contribution in [0.5, 0.6) is 0 Å². The van der Waals surface area contributed by atoms with Crippen LogP contribution in [0.2, 0.25) is 0 Å². The number of aryl methyl sites for hydroxylation is 2. The Bertz CT molecular complexity index is 562. The zero-order valence-corrected chi connectivity index (χ0v) is 14.8. The van der Waals surface area contributed by atoms with Crippen LogP contribution < -0.4 is 5.32 Å². The van der Waals surface area contributed by atoms with Gasteiger partial charge in [0.25, 0.3) is 0 Å². The van der Waals surface area contributed by atoms with Crippen molar-refractivity contribution in [2.75, 3.05) is 6.54 Å². The van der Waals surface area contributed by atoms with Gasteiger partial charge in [0.2, 0.25) is 0 Å². The molecular formula is C17H22BrNS. The maximum absolute atomic E-state index is 3.64. The maximum atomic E-state index is 3.64. The van der Waals surface area contributed by atoms with Gasteiger partial charge in [-0.25, -0.2) is 0 Å². The molecule has 1 nitrogen and oxygen atoms in total. The highest BCUT2D eigenvalue weighted by atomic mass is 79.9. The van der Waals surface area contributed by atoms with E-state index in [-0.39, 0.29) is 0 Å². The molecule has 1 atom stereocenters. The van der Waals surface area contributed by atoms with Crippen LogP contribution in [0.1, 0.15) is 28.5 Å². The quantitative estimate of drug-likeness (QED) is 0.780. The van der Waals surface area contributed by atoms with E-state index in [1.54, 1.807) is 0 Å². The second kappa shape index (κ2) is 7.39. The van der Waals surface area contributed by atoms with Crippen molar-refractivity contribution in [1.82, 2.24) is 5.32 Å². The lowest BCUT2D eigenvalue weighted by Gasteiger charge is -2.18. The summed E-state index contributed by atoms with van der Waals surface area (Å²) in [5.74, 6) is 0. The van der Waals surface area contributed by atoms with E-state index in [4.69, 9.17) is 0 Å². The molecule has 0 saturated carbocycles. The lowest BCUT2D eigenvalue weighted by Crippen LogP contribution is -2.32. The third-order valence-electron chi connectivity index (χ3n) is 3.67. The van der Waals surface area contributed by atoms with Gasteiger partial charge in [-0.15, -0.1) is 11.3 Å². The summed E-state index contributed by atoms with van der Waals surface area (Å²) >= 11 is 5.47. The lowest BCUT2D eigenvalue weighted by atomic mass is 9.99. The van der Waals surface area contributed by atoms with Gasteiger partial charge >= 0.3 is 0 Å². The molecule has 0 bridgehead atoms. The van der Waals surface area contributed by atoms with E-state index in [0.717, 1.165) is 19.4 Å². The third kappa shape index (κ3) is 4.18. The standard InChI is InChI=1S/C17H22BrNS/c1-4-19-15(11-17-16(18)7-8-20-17)10-14-6-5-12(2)13(3)9-14/h5-9,15,19H,4,10-11H2,1-3H3. The highest BCUT2D eigenvalue weighted by Gasteiger charge is 2.12. The van der Waals surface area contributed by atoms with Crippen molar-refractivity contribution in [3.05, 3.63) is 55.7 Å². The van der Waals surface area contributed by atoms with E-state index < -0.39 is 0 Å². The topological polar surface area (TPSA) is 12.0 Å². The highest BCUT2D eigenvalue weighted by Crippen LogP contribution is 2.25. The van der Waals surface area contributed by atoms with Crippen molar-refractivity contribution in [3.63, 3.8) is 0 Å². The number of halogens is 1. The van der Waals surface area contributed by atoms with Crippen LogP contribution in [0.25, 0.3) is 0 Å². The fourth-order valence-corrected chi connectivity index (χ4v) is 4.01. The minimum Gasteiger partial charge on any atom is -0.314 e.